The van der Waals surface area contributed by atoms with E-state index in [2.05, 4.69) is 53.3 Å². The van der Waals surface area contributed by atoms with Crippen molar-refractivity contribution in [3.63, 3.8) is 0 Å². The van der Waals surface area contributed by atoms with Crippen molar-refractivity contribution in [2.45, 2.75) is 45.6 Å². The molecule has 0 saturated heterocycles. The van der Waals surface area contributed by atoms with Crippen LogP contribution >= 0.6 is 15.9 Å². The van der Waals surface area contributed by atoms with E-state index < -0.39 is 0 Å². The second kappa shape index (κ2) is 7.30. The SMILES string of the molecule is CCCNC(C)c1cc(Br)ccc1OCC1CCC1. The van der Waals surface area contributed by atoms with Crippen molar-refractivity contribution in [1.82, 2.24) is 5.32 Å². The van der Waals surface area contributed by atoms with Crippen LogP contribution in [0.15, 0.2) is 22.7 Å². The lowest BCUT2D eigenvalue weighted by atomic mass is 9.86. The van der Waals surface area contributed by atoms with Crippen molar-refractivity contribution in [1.29, 1.82) is 0 Å². The fraction of sp³-hybridized carbons (Fsp3) is 0.625. The van der Waals surface area contributed by atoms with Crippen molar-refractivity contribution < 1.29 is 4.74 Å². The maximum atomic E-state index is 6.04. The quantitative estimate of drug-likeness (QED) is 0.785. The van der Waals surface area contributed by atoms with Crippen LogP contribution in [-0.4, -0.2) is 13.2 Å². The van der Waals surface area contributed by atoms with E-state index in [-0.39, 0.29) is 0 Å². The molecule has 2 nitrogen and oxygen atoms in total. The number of hydrogen-bond acceptors (Lipinski definition) is 2. The molecule has 1 unspecified atom stereocenters. The van der Waals surface area contributed by atoms with E-state index in [4.69, 9.17) is 4.74 Å². The number of nitrogens with one attached hydrogen (secondary N) is 1. The largest absolute Gasteiger partial charge is 0.493 e. The molecule has 1 aromatic carbocycles. The molecule has 0 aromatic heterocycles. The summed E-state index contributed by atoms with van der Waals surface area (Å²) in [5.41, 5.74) is 1.25. The Balaban J connectivity index is 2.02. The molecule has 1 N–H and O–H groups in total. The summed E-state index contributed by atoms with van der Waals surface area (Å²) in [5, 5.41) is 3.53. The Hall–Kier alpha value is -0.540. The van der Waals surface area contributed by atoms with Gasteiger partial charge < -0.3 is 10.1 Å². The molecule has 106 valence electrons. The first-order valence-corrected chi connectivity index (χ1v) is 8.15. The highest BCUT2D eigenvalue weighted by molar-refractivity contribution is 9.10. The molecular weight excluding hydrogens is 302 g/mol. The van der Waals surface area contributed by atoms with E-state index in [0.29, 0.717) is 6.04 Å². The summed E-state index contributed by atoms with van der Waals surface area (Å²) < 4.78 is 7.15. The molecule has 1 saturated carbocycles. The van der Waals surface area contributed by atoms with Crippen molar-refractivity contribution in [2.75, 3.05) is 13.2 Å². The third-order valence-electron chi connectivity index (χ3n) is 3.84. The fourth-order valence-electron chi connectivity index (χ4n) is 2.33. The van der Waals surface area contributed by atoms with E-state index in [9.17, 15) is 0 Å². The minimum atomic E-state index is 0.328. The number of hydrogen-bond donors (Lipinski definition) is 1. The molecule has 2 rings (SSSR count). The van der Waals surface area contributed by atoms with Gasteiger partial charge in [0.15, 0.2) is 0 Å². The van der Waals surface area contributed by atoms with Crippen LogP contribution in [-0.2, 0) is 0 Å². The van der Waals surface area contributed by atoms with E-state index in [0.717, 1.165) is 35.7 Å². The minimum absolute atomic E-state index is 0.328. The van der Waals surface area contributed by atoms with Gasteiger partial charge in [0, 0.05) is 16.1 Å². The van der Waals surface area contributed by atoms with Gasteiger partial charge in [-0.1, -0.05) is 29.3 Å². The third kappa shape index (κ3) is 4.22. The summed E-state index contributed by atoms with van der Waals surface area (Å²) in [6, 6.07) is 6.64. The van der Waals surface area contributed by atoms with Crippen LogP contribution in [0.3, 0.4) is 0 Å². The normalized spacial score (nSPS) is 17.0. The van der Waals surface area contributed by atoms with E-state index >= 15 is 0 Å². The second-order valence-corrected chi connectivity index (χ2v) is 6.38. The molecule has 0 aliphatic heterocycles. The molecule has 0 spiro atoms. The Morgan fingerprint density at radius 1 is 1.42 bits per heavy atom. The van der Waals surface area contributed by atoms with Gasteiger partial charge in [0.05, 0.1) is 6.61 Å². The van der Waals surface area contributed by atoms with Crippen molar-refractivity contribution >= 4 is 15.9 Å². The van der Waals surface area contributed by atoms with E-state index in [1.807, 2.05) is 0 Å². The Kier molecular flexibility index (Phi) is 5.71. The summed E-state index contributed by atoms with van der Waals surface area (Å²) in [7, 11) is 0. The van der Waals surface area contributed by atoms with Crippen LogP contribution in [0.25, 0.3) is 0 Å². The average Bonchev–Trinajstić information content (AvgIpc) is 2.35. The first-order valence-electron chi connectivity index (χ1n) is 7.36. The van der Waals surface area contributed by atoms with Crippen molar-refractivity contribution in [3.05, 3.63) is 28.2 Å². The highest BCUT2D eigenvalue weighted by Crippen LogP contribution is 2.31. The molecule has 0 radical (unpaired) electrons. The van der Waals surface area contributed by atoms with Gasteiger partial charge in [-0.15, -0.1) is 0 Å². The second-order valence-electron chi connectivity index (χ2n) is 5.47. The van der Waals surface area contributed by atoms with Gasteiger partial charge in [-0.2, -0.15) is 0 Å². The van der Waals surface area contributed by atoms with Crippen LogP contribution < -0.4 is 10.1 Å². The van der Waals surface area contributed by atoms with Crippen LogP contribution in [0.1, 0.15) is 51.1 Å². The zero-order valence-electron chi connectivity index (χ0n) is 11.9. The molecule has 1 aliphatic carbocycles. The van der Waals surface area contributed by atoms with Gasteiger partial charge >= 0.3 is 0 Å². The first kappa shape index (κ1) is 14.9. The Bertz CT molecular complexity index is 404. The molecule has 0 heterocycles. The Morgan fingerprint density at radius 2 is 2.21 bits per heavy atom. The van der Waals surface area contributed by atoms with Crippen LogP contribution in [0, 0.1) is 5.92 Å². The summed E-state index contributed by atoms with van der Waals surface area (Å²) >= 11 is 3.55. The highest BCUT2D eigenvalue weighted by Gasteiger charge is 2.19. The summed E-state index contributed by atoms with van der Waals surface area (Å²) in [6.07, 6.45) is 5.18. The van der Waals surface area contributed by atoms with Crippen molar-refractivity contribution in [3.8, 4) is 5.75 Å². The van der Waals surface area contributed by atoms with Gasteiger partial charge in [-0.25, -0.2) is 0 Å². The smallest absolute Gasteiger partial charge is 0.124 e. The predicted molar refractivity (Wildman–Crippen MR) is 83.7 cm³/mol. The van der Waals surface area contributed by atoms with Gasteiger partial charge in [-0.3, -0.25) is 0 Å². The zero-order chi connectivity index (χ0) is 13.7. The molecule has 1 aliphatic rings. The maximum absolute atomic E-state index is 6.04. The topological polar surface area (TPSA) is 21.3 Å². The first-order chi connectivity index (χ1) is 9.20. The van der Waals surface area contributed by atoms with Crippen LogP contribution in [0.5, 0.6) is 5.75 Å². The molecule has 1 atom stereocenters. The predicted octanol–water partition coefficient (Wildman–Crippen LogP) is 4.69. The molecule has 3 heteroatoms. The Morgan fingerprint density at radius 3 is 2.84 bits per heavy atom. The Labute approximate surface area is 125 Å². The highest BCUT2D eigenvalue weighted by atomic mass is 79.9. The number of ether oxygens (including phenoxy) is 1. The number of benzene rings is 1. The summed E-state index contributed by atoms with van der Waals surface area (Å²) in [4.78, 5) is 0. The molecule has 19 heavy (non-hydrogen) atoms. The lowest BCUT2D eigenvalue weighted by Gasteiger charge is -2.26. The van der Waals surface area contributed by atoms with Crippen LogP contribution in [0.2, 0.25) is 0 Å². The van der Waals surface area contributed by atoms with Gasteiger partial charge in [0.2, 0.25) is 0 Å². The lowest BCUT2D eigenvalue weighted by Crippen LogP contribution is -2.22. The van der Waals surface area contributed by atoms with Gasteiger partial charge in [-0.05, 0) is 56.8 Å². The minimum Gasteiger partial charge on any atom is -0.493 e. The van der Waals surface area contributed by atoms with E-state index in [1.165, 1.54) is 24.8 Å². The zero-order valence-corrected chi connectivity index (χ0v) is 13.5. The fourth-order valence-corrected chi connectivity index (χ4v) is 2.71. The van der Waals surface area contributed by atoms with E-state index in [1.54, 1.807) is 0 Å². The average molecular weight is 326 g/mol. The van der Waals surface area contributed by atoms with Gasteiger partial charge in [0.25, 0.3) is 0 Å². The molecule has 0 amide bonds. The number of halogens is 1. The van der Waals surface area contributed by atoms with Crippen LogP contribution in [0.4, 0.5) is 0 Å². The molecule has 1 aromatic rings. The van der Waals surface area contributed by atoms with Gasteiger partial charge in [0.1, 0.15) is 5.75 Å². The number of rotatable bonds is 7. The molecule has 1 fully saturated rings. The monoisotopic (exact) mass is 325 g/mol. The summed E-state index contributed by atoms with van der Waals surface area (Å²) in [6.45, 7) is 6.30. The standard InChI is InChI=1S/C16H24BrNO/c1-3-9-18-12(2)15-10-14(17)7-8-16(15)19-11-13-5-4-6-13/h7-8,10,12-13,18H,3-6,9,11H2,1-2H3. The molecule has 0 bridgehead atoms. The third-order valence-corrected chi connectivity index (χ3v) is 4.33. The maximum Gasteiger partial charge on any atom is 0.124 e. The lowest BCUT2D eigenvalue weighted by molar-refractivity contribution is 0.178. The molecular formula is C16H24BrNO. The van der Waals surface area contributed by atoms with Crippen molar-refractivity contribution in [2.24, 2.45) is 5.92 Å². The summed E-state index contributed by atoms with van der Waals surface area (Å²) in [5.74, 6) is 1.81.